The molecule has 0 unspecified atom stereocenters. The van der Waals surface area contributed by atoms with Gasteiger partial charge in [0.15, 0.2) is 0 Å². The van der Waals surface area contributed by atoms with E-state index in [-0.39, 0.29) is 0 Å². The summed E-state index contributed by atoms with van der Waals surface area (Å²) >= 11 is 2.09. The van der Waals surface area contributed by atoms with Crippen molar-refractivity contribution >= 4 is 39.8 Å². The summed E-state index contributed by atoms with van der Waals surface area (Å²) in [4.78, 5) is 0. The Bertz CT molecular complexity index is 363. The molecule has 0 bridgehead atoms. The quantitative estimate of drug-likeness (QED) is 0.724. The van der Waals surface area contributed by atoms with Crippen LogP contribution in [0.1, 0.15) is 0 Å². The number of nitrogens with zero attached hydrogens (tertiary/aromatic N) is 1. The Hall–Kier alpha value is -0.650. The zero-order chi connectivity index (χ0) is 7.14. The number of halogens is 1. The molecule has 2 heterocycles. The van der Waals surface area contributed by atoms with Crippen LogP contribution in [0.2, 0.25) is 0 Å². The largest absolute Gasteiger partial charge is 0.447 e. The van der Waals surface area contributed by atoms with E-state index in [0.717, 1.165) is 16.9 Å². The van der Waals surface area contributed by atoms with E-state index in [1.807, 2.05) is 12.1 Å². The molecule has 0 atom stereocenters. The van der Waals surface area contributed by atoms with Crippen molar-refractivity contribution in [2.45, 2.75) is 0 Å². The van der Waals surface area contributed by atoms with Crippen LogP contribution in [-0.2, 0) is 0 Å². The minimum absolute atomic E-state index is 0.718. The highest BCUT2D eigenvalue weighted by Crippen LogP contribution is 2.24. The summed E-state index contributed by atoms with van der Waals surface area (Å²) in [5.74, 6) is 0.718. The van der Waals surface area contributed by atoms with Gasteiger partial charge in [-0.3, -0.25) is 0 Å². The number of nitrogen functional groups attached to an aromatic ring is 1. The molecule has 0 saturated heterocycles. The van der Waals surface area contributed by atoms with Crippen LogP contribution in [0.3, 0.4) is 0 Å². The van der Waals surface area contributed by atoms with Gasteiger partial charge in [0, 0.05) is 5.39 Å². The van der Waals surface area contributed by atoms with Crippen LogP contribution in [0.15, 0.2) is 22.8 Å². The summed E-state index contributed by atoms with van der Waals surface area (Å²) < 4.78 is 6.93. The van der Waals surface area contributed by atoms with Gasteiger partial charge in [-0.1, -0.05) is 0 Å². The Morgan fingerprint density at radius 2 is 2.40 bits per heavy atom. The fourth-order valence-corrected chi connectivity index (χ4v) is 1.45. The van der Waals surface area contributed by atoms with Crippen LogP contribution < -0.4 is 5.73 Å². The van der Waals surface area contributed by atoms with Gasteiger partial charge in [-0.25, -0.2) is 2.78 Å². The molecule has 4 heteroatoms. The predicted octanol–water partition coefficient (Wildman–Crippen LogP) is 2.01. The average molecular weight is 248 g/mol. The summed E-state index contributed by atoms with van der Waals surface area (Å²) in [6.45, 7) is 0. The normalized spacial score (nSPS) is 10.9. The van der Waals surface area contributed by atoms with Crippen molar-refractivity contribution in [1.82, 2.24) is 2.78 Å². The van der Waals surface area contributed by atoms with E-state index in [1.54, 1.807) is 9.04 Å². The minimum atomic E-state index is 0.718. The monoisotopic (exact) mass is 248 g/mol. The number of fused-ring (bicyclic) bond motifs is 1. The number of hydrogen-bond acceptors (Lipinski definition) is 2. The van der Waals surface area contributed by atoms with Crippen LogP contribution in [0.25, 0.3) is 11.1 Å². The first-order chi connectivity index (χ1) is 4.79. The van der Waals surface area contributed by atoms with Crippen molar-refractivity contribution in [3.05, 3.63) is 18.4 Å². The van der Waals surface area contributed by atoms with Gasteiger partial charge in [-0.05, 0) is 12.1 Å². The third-order valence-electron chi connectivity index (χ3n) is 1.38. The first-order valence-corrected chi connectivity index (χ1v) is 3.76. The molecule has 0 aliphatic heterocycles. The second kappa shape index (κ2) is 1.91. The molecule has 2 N–H and O–H groups in total. The summed E-state index contributed by atoms with van der Waals surface area (Å²) in [7, 11) is 0. The topological polar surface area (TPSA) is 44.1 Å². The molecule has 3 nitrogen and oxygen atoms in total. The molecule has 0 aliphatic carbocycles. The highest BCUT2D eigenvalue weighted by Gasteiger charge is 2.04. The zero-order valence-electron chi connectivity index (χ0n) is 5.04. The van der Waals surface area contributed by atoms with E-state index >= 15 is 0 Å². The summed E-state index contributed by atoms with van der Waals surface area (Å²) in [6, 6.07) is 3.77. The van der Waals surface area contributed by atoms with E-state index in [1.165, 1.54) is 0 Å². The van der Waals surface area contributed by atoms with Gasteiger partial charge in [-0.2, -0.15) is 0 Å². The number of furan rings is 1. The first-order valence-electron chi connectivity index (χ1n) is 2.79. The van der Waals surface area contributed by atoms with Gasteiger partial charge in [0.05, 0.1) is 29.1 Å². The van der Waals surface area contributed by atoms with Crippen LogP contribution in [0.4, 0.5) is 5.82 Å². The molecule has 10 heavy (non-hydrogen) atoms. The van der Waals surface area contributed by atoms with Gasteiger partial charge in [0.25, 0.3) is 0 Å². The molecular weight excluding hydrogens is 243 g/mol. The molecule has 2 aromatic rings. The molecule has 0 amide bonds. The highest BCUT2D eigenvalue weighted by molar-refractivity contribution is 14.1. The molecule has 0 spiro atoms. The van der Waals surface area contributed by atoms with E-state index in [2.05, 4.69) is 22.9 Å². The molecule has 0 fully saturated rings. The molecule has 0 radical (unpaired) electrons. The standard InChI is InChI=1S/C6H5IN2O/c7-9-5(8)3-4-1-2-10-6(4)9/h1-3H,8H2. The maximum atomic E-state index is 5.59. The highest BCUT2D eigenvalue weighted by atomic mass is 127. The Morgan fingerprint density at radius 3 is 3.10 bits per heavy atom. The summed E-state index contributed by atoms with van der Waals surface area (Å²) in [5, 5.41) is 1.05. The van der Waals surface area contributed by atoms with Gasteiger partial charge in [-0.15, -0.1) is 0 Å². The molecule has 0 aromatic carbocycles. The van der Waals surface area contributed by atoms with Crippen molar-refractivity contribution in [2.24, 2.45) is 0 Å². The predicted molar refractivity (Wildman–Crippen MR) is 48.0 cm³/mol. The molecule has 2 rings (SSSR count). The number of hydrogen-bond donors (Lipinski definition) is 1. The molecule has 2 aromatic heterocycles. The van der Waals surface area contributed by atoms with Crippen LogP contribution in [-0.4, -0.2) is 2.78 Å². The lowest BCUT2D eigenvalue weighted by Gasteiger charge is -1.89. The van der Waals surface area contributed by atoms with Crippen molar-refractivity contribution in [3.8, 4) is 0 Å². The van der Waals surface area contributed by atoms with Crippen molar-refractivity contribution in [3.63, 3.8) is 0 Å². The van der Waals surface area contributed by atoms with Crippen LogP contribution in [0.5, 0.6) is 0 Å². The third kappa shape index (κ3) is 0.650. The van der Waals surface area contributed by atoms with Crippen molar-refractivity contribution in [2.75, 3.05) is 5.73 Å². The molecule has 52 valence electrons. The van der Waals surface area contributed by atoms with Gasteiger partial charge < -0.3 is 10.2 Å². The van der Waals surface area contributed by atoms with Crippen LogP contribution in [0, 0.1) is 0 Å². The summed E-state index contributed by atoms with van der Waals surface area (Å²) in [6.07, 6.45) is 1.65. The number of rotatable bonds is 0. The molecule has 0 aliphatic rings. The third-order valence-corrected chi connectivity index (χ3v) is 2.38. The average Bonchev–Trinajstić information content (AvgIpc) is 2.41. The molecule has 0 saturated carbocycles. The second-order valence-corrected chi connectivity index (χ2v) is 3.00. The Kier molecular flexibility index (Phi) is 1.17. The van der Waals surface area contributed by atoms with Crippen molar-refractivity contribution in [1.29, 1.82) is 0 Å². The molecular formula is C6H5IN2O. The summed E-state index contributed by atoms with van der Waals surface area (Å²) in [5.41, 5.74) is 6.41. The van der Waals surface area contributed by atoms with Gasteiger partial charge in [0.2, 0.25) is 5.71 Å². The van der Waals surface area contributed by atoms with Crippen LogP contribution >= 0.6 is 22.9 Å². The van der Waals surface area contributed by atoms with E-state index in [9.17, 15) is 0 Å². The number of aromatic nitrogens is 1. The lowest BCUT2D eigenvalue weighted by atomic mass is 10.4. The van der Waals surface area contributed by atoms with Gasteiger partial charge in [0.1, 0.15) is 5.82 Å². The first kappa shape index (κ1) is 6.09. The van der Waals surface area contributed by atoms with Crippen molar-refractivity contribution < 1.29 is 4.42 Å². The Morgan fingerprint density at radius 1 is 1.60 bits per heavy atom. The second-order valence-electron chi connectivity index (χ2n) is 2.03. The van der Waals surface area contributed by atoms with E-state index in [4.69, 9.17) is 10.2 Å². The zero-order valence-corrected chi connectivity index (χ0v) is 7.20. The lowest BCUT2D eigenvalue weighted by molar-refractivity contribution is 0.603. The number of anilines is 1. The maximum Gasteiger partial charge on any atom is 0.217 e. The number of nitrogens with two attached hydrogens (primary N) is 1. The van der Waals surface area contributed by atoms with E-state index in [0.29, 0.717) is 0 Å². The van der Waals surface area contributed by atoms with Gasteiger partial charge >= 0.3 is 0 Å². The SMILES string of the molecule is Nc1cc2ccoc2n1I. The maximum absolute atomic E-state index is 5.59. The fraction of sp³-hybridized carbons (Fsp3) is 0. The fourth-order valence-electron chi connectivity index (χ4n) is 0.914. The Labute approximate surface area is 71.3 Å². The smallest absolute Gasteiger partial charge is 0.217 e. The minimum Gasteiger partial charge on any atom is -0.447 e. The Balaban J connectivity index is 2.95. The van der Waals surface area contributed by atoms with E-state index < -0.39 is 0 Å². The lowest BCUT2D eigenvalue weighted by Crippen LogP contribution is -1.87.